The monoisotopic (exact) mass is 195 g/mol. The molecule has 1 aromatic carbocycles. The second kappa shape index (κ2) is 3.67. The van der Waals surface area contributed by atoms with Gasteiger partial charge in [-0.05, 0) is 30.5 Å². The van der Waals surface area contributed by atoms with Crippen molar-refractivity contribution in [3.63, 3.8) is 0 Å². The van der Waals surface area contributed by atoms with Crippen LogP contribution in [0.25, 0.3) is 0 Å². The van der Waals surface area contributed by atoms with Crippen molar-refractivity contribution in [2.24, 2.45) is 0 Å². The van der Waals surface area contributed by atoms with E-state index in [-0.39, 0.29) is 18.0 Å². The number of hydrogen-bond acceptors (Lipinski definition) is 2. The number of aliphatic hydroxyl groups is 1. The standard InChI is InChI=1S/C11H14FNO/c12-10-3-1-2-9(6-10)7-13-11(8-14)4-5-11/h1-3,6,13-14H,4-5,7-8H2. The van der Waals surface area contributed by atoms with Gasteiger partial charge >= 0.3 is 0 Å². The molecule has 1 saturated carbocycles. The van der Waals surface area contributed by atoms with Crippen LogP contribution in [0.4, 0.5) is 4.39 Å². The van der Waals surface area contributed by atoms with Crippen LogP contribution in [0.1, 0.15) is 18.4 Å². The van der Waals surface area contributed by atoms with Gasteiger partial charge in [-0.3, -0.25) is 0 Å². The summed E-state index contributed by atoms with van der Waals surface area (Å²) in [5, 5.41) is 12.3. The molecular weight excluding hydrogens is 181 g/mol. The van der Waals surface area contributed by atoms with Crippen molar-refractivity contribution >= 4 is 0 Å². The van der Waals surface area contributed by atoms with Crippen LogP contribution in [-0.4, -0.2) is 17.3 Å². The number of nitrogens with one attached hydrogen (secondary N) is 1. The first kappa shape index (κ1) is 9.62. The lowest BCUT2D eigenvalue weighted by Gasteiger charge is -2.13. The minimum atomic E-state index is -0.210. The molecule has 0 heterocycles. The van der Waals surface area contributed by atoms with Crippen molar-refractivity contribution in [2.45, 2.75) is 24.9 Å². The van der Waals surface area contributed by atoms with E-state index in [0.29, 0.717) is 6.54 Å². The van der Waals surface area contributed by atoms with Crippen LogP contribution in [-0.2, 0) is 6.54 Å². The van der Waals surface area contributed by atoms with E-state index in [2.05, 4.69) is 5.32 Å². The van der Waals surface area contributed by atoms with Crippen molar-refractivity contribution in [3.05, 3.63) is 35.6 Å². The molecule has 0 unspecified atom stereocenters. The molecule has 0 saturated heterocycles. The summed E-state index contributed by atoms with van der Waals surface area (Å²) in [4.78, 5) is 0. The molecule has 3 heteroatoms. The van der Waals surface area contributed by atoms with Gasteiger partial charge in [0, 0.05) is 12.1 Å². The summed E-state index contributed by atoms with van der Waals surface area (Å²) in [6.07, 6.45) is 2.03. The van der Waals surface area contributed by atoms with E-state index >= 15 is 0 Å². The minimum absolute atomic E-state index is 0.0771. The van der Waals surface area contributed by atoms with E-state index in [0.717, 1.165) is 18.4 Å². The van der Waals surface area contributed by atoms with Gasteiger partial charge in [0.1, 0.15) is 5.82 Å². The normalized spacial score (nSPS) is 18.1. The highest BCUT2D eigenvalue weighted by molar-refractivity contribution is 5.17. The molecule has 14 heavy (non-hydrogen) atoms. The average molecular weight is 195 g/mol. The van der Waals surface area contributed by atoms with Gasteiger partial charge in [0.2, 0.25) is 0 Å². The summed E-state index contributed by atoms with van der Waals surface area (Å²) in [5.74, 6) is -0.210. The first-order valence-electron chi connectivity index (χ1n) is 4.84. The Morgan fingerprint density at radius 2 is 2.21 bits per heavy atom. The number of aliphatic hydroxyl groups excluding tert-OH is 1. The van der Waals surface area contributed by atoms with E-state index in [1.807, 2.05) is 6.07 Å². The Morgan fingerprint density at radius 3 is 2.79 bits per heavy atom. The highest BCUT2D eigenvalue weighted by Gasteiger charge is 2.41. The molecule has 1 fully saturated rings. The second-order valence-corrected chi connectivity index (χ2v) is 3.92. The molecule has 2 nitrogen and oxygen atoms in total. The molecule has 2 N–H and O–H groups in total. The number of rotatable bonds is 4. The third-order valence-electron chi connectivity index (χ3n) is 2.71. The van der Waals surface area contributed by atoms with Gasteiger partial charge in [-0.15, -0.1) is 0 Å². The summed E-state index contributed by atoms with van der Waals surface area (Å²) < 4.78 is 12.8. The second-order valence-electron chi connectivity index (χ2n) is 3.92. The van der Waals surface area contributed by atoms with Crippen LogP contribution in [0, 0.1) is 5.82 Å². The van der Waals surface area contributed by atoms with Gasteiger partial charge in [0.15, 0.2) is 0 Å². The van der Waals surface area contributed by atoms with Crippen LogP contribution >= 0.6 is 0 Å². The van der Waals surface area contributed by atoms with Crippen molar-refractivity contribution < 1.29 is 9.50 Å². The summed E-state index contributed by atoms with van der Waals surface area (Å²) in [6, 6.07) is 6.53. The van der Waals surface area contributed by atoms with E-state index in [1.165, 1.54) is 12.1 Å². The molecule has 1 aromatic rings. The predicted octanol–water partition coefficient (Wildman–Crippen LogP) is 1.44. The smallest absolute Gasteiger partial charge is 0.123 e. The zero-order valence-corrected chi connectivity index (χ0v) is 7.96. The van der Waals surface area contributed by atoms with Crippen molar-refractivity contribution in [1.82, 2.24) is 5.32 Å². The number of hydrogen-bond donors (Lipinski definition) is 2. The predicted molar refractivity (Wildman–Crippen MR) is 52.3 cm³/mol. The van der Waals surface area contributed by atoms with Crippen LogP contribution in [0.2, 0.25) is 0 Å². The van der Waals surface area contributed by atoms with Gasteiger partial charge in [0.25, 0.3) is 0 Å². The van der Waals surface area contributed by atoms with Crippen molar-refractivity contribution in [1.29, 1.82) is 0 Å². The van der Waals surface area contributed by atoms with E-state index in [9.17, 15) is 4.39 Å². The Kier molecular flexibility index (Phi) is 2.52. The lowest BCUT2D eigenvalue weighted by molar-refractivity contribution is 0.229. The fourth-order valence-corrected chi connectivity index (χ4v) is 1.48. The zero-order valence-electron chi connectivity index (χ0n) is 7.96. The lowest BCUT2D eigenvalue weighted by Crippen LogP contribution is -2.34. The van der Waals surface area contributed by atoms with Gasteiger partial charge in [0.05, 0.1) is 6.61 Å². The molecule has 1 aliphatic carbocycles. The summed E-state index contributed by atoms with van der Waals surface area (Å²) in [6.45, 7) is 0.792. The first-order valence-corrected chi connectivity index (χ1v) is 4.84. The number of halogens is 1. The largest absolute Gasteiger partial charge is 0.394 e. The minimum Gasteiger partial charge on any atom is -0.394 e. The Morgan fingerprint density at radius 1 is 1.43 bits per heavy atom. The van der Waals surface area contributed by atoms with Crippen LogP contribution < -0.4 is 5.32 Å². The first-order chi connectivity index (χ1) is 6.74. The third-order valence-corrected chi connectivity index (χ3v) is 2.71. The fourth-order valence-electron chi connectivity index (χ4n) is 1.48. The molecule has 0 radical (unpaired) electrons. The van der Waals surface area contributed by atoms with E-state index in [1.54, 1.807) is 6.07 Å². The highest BCUT2D eigenvalue weighted by Crippen LogP contribution is 2.34. The molecule has 0 aromatic heterocycles. The average Bonchev–Trinajstić information content (AvgIpc) is 2.96. The maximum atomic E-state index is 12.8. The maximum Gasteiger partial charge on any atom is 0.123 e. The molecule has 0 spiro atoms. The van der Waals surface area contributed by atoms with Gasteiger partial charge in [-0.25, -0.2) is 4.39 Å². The van der Waals surface area contributed by atoms with Crippen molar-refractivity contribution in [2.75, 3.05) is 6.61 Å². The van der Waals surface area contributed by atoms with E-state index in [4.69, 9.17) is 5.11 Å². The molecule has 0 bridgehead atoms. The Bertz CT molecular complexity index is 323. The quantitative estimate of drug-likeness (QED) is 0.762. The van der Waals surface area contributed by atoms with Crippen LogP contribution in [0.15, 0.2) is 24.3 Å². The fraction of sp³-hybridized carbons (Fsp3) is 0.455. The SMILES string of the molecule is OCC1(NCc2cccc(F)c2)CC1. The number of benzene rings is 1. The van der Waals surface area contributed by atoms with Gasteiger partial charge in [-0.2, -0.15) is 0 Å². The topological polar surface area (TPSA) is 32.3 Å². The molecule has 1 aliphatic rings. The van der Waals surface area contributed by atoms with E-state index < -0.39 is 0 Å². The zero-order chi connectivity index (χ0) is 10.0. The van der Waals surface area contributed by atoms with Gasteiger partial charge in [-0.1, -0.05) is 12.1 Å². The molecule has 0 aliphatic heterocycles. The molecular formula is C11H14FNO. The highest BCUT2D eigenvalue weighted by atomic mass is 19.1. The lowest BCUT2D eigenvalue weighted by atomic mass is 10.2. The van der Waals surface area contributed by atoms with Crippen LogP contribution in [0.3, 0.4) is 0 Å². The van der Waals surface area contributed by atoms with Crippen LogP contribution in [0.5, 0.6) is 0 Å². The van der Waals surface area contributed by atoms with Gasteiger partial charge < -0.3 is 10.4 Å². The Labute approximate surface area is 82.8 Å². The summed E-state index contributed by atoms with van der Waals surface area (Å²) in [7, 11) is 0. The van der Waals surface area contributed by atoms with Crippen molar-refractivity contribution in [3.8, 4) is 0 Å². The summed E-state index contributed by atoms with van der Waals surface area (Å²) in [5.41, 5.74) is 0.844. The Hall–Kier alpha value is -0.930. The molecule has 0 atom stereocenters. The molecule has 0 amide bonds. The maximum absolute atomic E-state index is 12.8. The summed E-state index contributed by atoms with van der Waals surface area (Å²) >= 11 is 0. The molecule has 76 valence electrons. The third kappa shape index (κ3) is 2.11. The molecule has 2 rings (SSSR count). The Balaban J connectivity index is 1.92.